The first kappa shape index (κ1) is 22.9. The zero-order valence-electron chi connectivity index (χ0n) is 18.4. The summed E-state index contributed by atoms with van der Waals surface area (Å²) < 4.78 is 11.7. The fourth-order valence-corrected chi connectivity index (χ4v) is 5.34. The molecule has 32 heavy (non-hydrogen) atoms. The number of amides is 1. The van der Waals surface area contributed by atoms with E-state index in [9.17, 15) is 4.79 Å². The second kappa shape index (κ2) is 9.72. The summed E-state index contributed by atoms with van der Waals surface area (Å²) in [6.45, 7) is 4.93. The van der Waals surface area contributed by atoms with E-state index < -0.39 is 0 Å². The summed E-state index contributed by atoms with van der Waals surface area (Å²) in [5.74, 6) is 1.85. The molecule has 4 rings (SSSR count). The quantitative estimate of drug-likeness (QED) is 0.363. The predicted octanol–water partition coefficient (Wildman–Crippen LogP) is 6.25. The topological polar surface area (TPSA) is 59.9 Å². The maximum absolute atomic E-state index is 12.6. The van der Waals surface area contributed by atoms with Crippen LogP contribution in [0.15, 0.2) is 41.5 Å². The van der Waals surface area contributed by atoms with Gasteiger partial charge in [-0.2, -0.15) is 5.10 Å². The van der Waals surface area contributed by atoms with Crippen LogP contribution in [-0.2, 0) is 11.4 Å². The van der Waals surface area contributed by atoms with Gasteiger partial charge in [-0.3, -0.25) is 4.79 Å². The van der Waals surface area contributed by atoms with E-state index in [0.717, 1.165) is 24.0 Å². The molecule has 0 aromatic heterocycles. The van der Waals surface area contributed by atoms with Crippen molar-refractivity contribution in [2.24, 2.45) is 22.4 Å². The Hall–Kier alpha value is -2.24. The highest BCUT2D eigenvalue weighted by Gasteiger charge is 2.64. The van der Waals surface area contributed by atoms with Gasteiger partial charge in [-0.05, 0) is 67.0 Å². The minimum absolute atomic E-state index is 0.0282. The van der Waals surface area contributed by atoms with Crippen LogP contribution in [0.25, 0.3) is 0 Å². The largest absolute Gasteiger partial charge is 0.490 e. The molecule has 0 aliphatic heterocycles. The summed E-state index contributed by atoms with van der Waals surface area (Å²) in [5, 5.41) is 5.32. The molecule has 2 aliphatic rings. The van der Waals surface area contributed by atoms with Crippen LogP contribution in [0, 0.1) is 17.3 Å². The Morgan fingerprint density at radius 1 is 1.19 bits per heavy atom. The Labute approximate surface area is 199 Å². The van der Waals surface area contributed by atoms with E-state index in [1.807, 2.05) is 31.2 Å². The minimum Gasteiger partial charge on any atom is -0.490 e. The normalized spacial score (nSPS) is 24.1. The van der Waals surface area contributed by atoms with Crippen molar-refractivity contribution in [3.8, 4) is 11.5 Å². The molecule has 1 amide bonds. The van der Waals surface area contributed by atoms with Crippen LogP contribution in [0.4, 0.5) is 0 Å². The summed E-state index contributed by atoms with van der Waals surface area (Å²) in [5.41, 5.74) is 4.55. The number of nitrogens with zero attached hydrogens (tertiary/aromatic N) is 1. The summed E-state index contributed by atoms with van der Waals surface area (Å²) in [4.78, 5) is 12.6. The summed E-state index contributed by atoms with van der Waals surface area (Å²) in [6, 6.07) is 10.8. The number of fused-ring (bicyclic) bond motifs is 1. The lowest BCUT2D eigenvalue weighted by atomic mass is 9.90. The Morgan fingerprint density at radius 2 is 2.03 bits per heavy atom. The van der Waals surface area contributed by atoms with Crippen LogP contribution >= 0.6 is 23.2 Å². The fourth-order valence-electron chi connectivity index (χ4n) is 4.88. The van der Waals surface area contributed by atoms with Crippen LogP contribution in [0.3, 0.4) is 0 Å². The van der Waals surface area contributed by atoms with Gasteiger partial charge in [0.05, 0.1) is 12.8 Å². The maximum Gasteiger partial charge on any atom is 0.244 e. The molecule has 0 radical (unpaired) electrons. The van der Waals surface area contributed by atoms with Gasteiger partial charge in [-0.25, -0.2) is 5.43 Å². The standard InChI is InChI=1S/C25H28Cl2N2O3/c1-3-31-22-12-16(7-10-21(22)32-15-17-8-9-18(26)13-20(17)27)14-28-29-24(30)23-19-6-4-5-11-25(19,23)2/h7-10,12-14,19,23H,3-6,11,15H2,1-2H3,(H,29,30)/b28-14-/t19-,23-,25+/m1/s1. The third-order valence-corrected chi connectivity index (χ3v) is 7.26. The smallest absolute Gasteiger partial charge is 0.244 e. The van der Waals surface area contributed by atoms with Gasteiger partial charge in [0.15, 0.2) is 11.5 Å². The zero-order valence-corrected chi connectivity index (χ0v) is 19.9. The number of benzene rings is 2. The van der Waals surface area contributed by atoms with E-state index in [1.165, 1.54) is 12.8 Å². The molecule has 2 aliphatic carbocycles. The van der Waals surface area contributed by atoms with Crippen molar-refractivity contribution in [2.45, 2.75) is 46.1 Å². The van der Waals surface area contributed by atoms with Crippen molar-refractivity contribution >= 4 is 35.3 Å². The minimum atomic E-state index is 0.0282. The Morgan fingerprint density at radius 3 is 2.75 bits per heavy atom. The lowest BCUT2D eigenvalue weighted by molar-refractivity contribution is -0.123. The van der Waals surface area contributed by atoms with Crippen LogP contribution in [0.5, 0.6) is 11.5 Å². The van der Waals surface area contributed by atoms with Crippen LogP contribution in [0.2, 0.25) is 10.0 Å². The van der Waals surface area contributed by atoms with Gasteiger partial charge in [0.25, 0.3) is 0 Å². The highest BCUT2D eigenvalue weighted by molar-refractivity contribution is 6.35. The zero-order chi connectivity index (χ0) is 22.7. The van der Waals surface area contributed by atoms with Crippen molar-refractivity contribution in [2.75, 3.05) is 6.61 Å². The molecular formula is C25H28Cl2N2O3. The summed E-state index contributed by atoms with van der Waals surface area (Å²) in [6.07, 6.45) is 6.37. The monoisotopic (exact) mass is 474 g/mol. The number of carbonyl (C=O) groups is 1. The number of halogens is 2. The molecule has 0 unspecified atom stereocenters. The Balaban J connectivity index is 1.38. The number of nitrogens with one attached hydrogen (secondary N) is 1. The van der Waals surface area contributed by atoms with Crippen molar-refractivity contribution in [1.82, 2.24) is 5.43 Å². The van der Waals surface area contributed by atoms with Gasteiger partial charge >= 0.3 is 0 Å². The molecular weight excluding hydrogens is 447 g/mol. The number of rotatable bonds is 8. The Kier molecular flexibility index (Phi) is 6.96. The molecule has 0 saturated heterocycles. The molecule has 7 heteroatoms. The van der Waals surface area contributed by atoms with Gasteiger partial charge in [-0.1, -0.05) is 49.0 Å². The molecule has 2 aromatic carbocycles. The van der Waals surface area contributed by atoms with Crippen LogP contribution in [0.1, 0.15) is 50.7 Å². The summed E-state index contributed by atoms with van der Waals surface area (Å²) in [7, 11) is 0. The lowest BCUT2D eigenvalue weighted by Gasteiger charge is -2.15. The molecule has 2 aromatic rings. The molecule has 0 spiro atoms. The summed E-state index contributed by atoms with van der Waals surface area (Å²) >= 11 is 12.2. The van der Waals surface area contributed by atoms with Gasteiger partial charge < -0.3 is 9.47 Å². The van der Waals surface area contributed by atoms with Crippen molar-refractivity contribution in [3.63, 3.8) is 0 Å². The molecule has 0 bridgehead atoms. The van der Waals surface area contributed by atoms with E-state index in [4.69, 9.17) is 32.7 Å². The lowest BCUT2D eigenvalue weighted by Crippen LogP contribution is -2.22. The van der Waals surface area contributed by atoms with Gasteiger partial charge in [0.1, 0.15) is 6.61 Å². The van der Waals surface area contributed by atoms with Crippen molar-refractivity contribution in [1.29, 1.82) is 0 Å². The van der Waals surface area contributed by atoms with Crippen LogP contribution < -0.4 is 14.9 Å². The molecule has 5 nitrogen and oxygen atoms in total. The maximum atomic E-state index is 12.6. The molecule has 2 fully saturated rings. The number of carbonyl (C=O) groups excluding carboxylic acids is 1. The number of ether oxygens (including phenoxy) is 2. The number of hydrogen-bond acceptors (Lipinski definition) is 4. The van der Waals surface area contributed by atoms with E-state index in [0.29, 0.717) is 40.7 Å². The highest BCUT2D eigenvalue weighted by Crippen LogP contribution is 2.66. The van der Waals surface area contributed by atoms with Gasteiger partial charge in [0.2, 0.25) is 5.91 Å². The molecule has 0 heterocycles. The average Bonchev–Trinajstić information content (AvgIpc) is 3.40. The number of hydrazone groups is 1. The molecule has 1 N–H and O–H groups in total. The van der Waals surface area contributed by atoms with Gasteiger partial charge in [0, 0.05) is 21.5 Å². The first-order valence-electron chi connectivity index (χ1n) is 11.1. The SMILES string of the molecule is CCOc1cc(/C=N\NC(=O)[C@H]2[C@H]3CCCC[C@@]32C)ccc1OCc1ccc(Cl)cc1Cl. The first-order valence-corrected chi connectivity index (χ1v) is 11.8. The fraction of sp³-hybridized carbons (Fsp3) is 0.440. The molecule has 170 valence electrons. The van der Waals surface area contributed by atoms with Crippen LogP contribution in [-0.4, -0.2) is 18.7 Å². The Bertz CT molecular complexity index is 1030. The first-order chi connectivity index (χ1) is 15.4. The average molecular weight is 475 g/mol. The second-order valence-electron chi connectivity index (χ2n) is 8.73. The second-order valence-corrected chi connectivity index (χ2v) is 9.58. The predicted molar refractivity (Wildman–Crippen MR) is 128 cm³/mol. The van der Waals surface area contributed by atoms with E-state index in [2.05, 4.69) is 17.5 Å². The molecule has 3 atom stereocenters. The van der Waals surface area contributed by atoms with Gasteiger partial charge in [-0.15, -0.1) is 0 Å². The third-order valence-electron chi connectivity index (χ3n) is 6.67. The van der Waals surface area contributed by atoms with Crippen molar-refractivity contribution < 1.29 is 14.3 Å². The number of hydrogen-bond donors (Lipinski definition) is 1. The third kappa shape index (κ3) is 4.89. The van der Waals surface area contributed by atoms with Crippen molar-refractivity contribution in [3.05, 3.63) is 57.6 Å². The van der Waals surface area contributed by atoms with E-state index in [1.54, 1.807) is 18.3 Å². The van der Waals surface area contributed by atoms with E-state index in [-0.39, 0.29) is 17.2 Å². The van der Waals surface area contributed by atoms with E-state index >= 15 is 0 Å². The molecule has 2 saturated carbocycles. The highest BCUT2D eigenvalue weighted by atomic mass is 35.5.